The maximum atomic E-state index is 13.7. The van der Waals surface area contributed by atoms with Gasteiger partial charge >= 0.3 is 0 Å². The van der Waals surface area contributed by atoms with Crippen molar-refractivity contribution in [3.05, 3.63) is 90.0 Å². The molecule has 0 aromatic heterocycles. The molecule has 4 rings (SSSR count). The van der Waals surface area contributed by atoms with E-state index in [4.69, 9.17) is 0 Å². The Bertz CT molecular complexity index is 1550. The first-order valence-corrected chi connectivity index (χ1v) is 13.8. The predicted molar refractivity (Wildman–Crippen MR) is 160 cm³/mol. The summed E-state index contributed by atoms with van der Waals surface area (Å²) >= 11 is 0. The number of fused-ring (bicyclic) bond motifs is 2. The van der Waals surface area contributed by atoms with Crippen LogP contribution in [0, 0.1) is 0 Å². The predicted octanol–water partition coefficient (Wildman–Crippen LogP) is 6.49. The zero-order chi connectivity index (χ0) is 28.5. The van der Waals surface area contributed by atoms with Gasteiger partial charge in [0.25, 0.3) is 11.8 Å². The molecule has 7 nitrogen and oxygen atoms in total. The van der Waals surface area contributed by atoms with Gasteiger partial charge in [-0.3, -0.25) is 14.4 Å². The van der Waals surface area contributed by atoms with Gasteiger partial charge in [-0.2, -0.15) is 5.10 Å². The molecule has 0 radical (unpaired) electrons. The van der Waals surface area contributed by atoms with E-state index < -0.39 is 5.91 Å². The molecule has 0 bridgehead atoms. The monoisotopic (exact) mass is 537 g/mol. The van der Waals surface area contributed by atoms with Gasteiger partial charge in [-0.15, -0.1) is 0 Å². The van der Waals surface area contributed by atoms with Crippen LogP contribution in [0.5, 0.6) is 5.75 Å². The number of phenols is 1. The number of aromatic hydroxyl groups is 1. The van der Waals surface area contributed by atoms with E-state index in [0.29, 0.717) is 18.7 Å². The second-order valence-electron chi connectivity index (χ2n) is 9.84. The third kappa shape index (κ3) is 6.72. The van der Waals surface area contributed by atoms with Gasteiger partial charge in [0.15, 0.2) is 5.78 Å². The lowest BCUT2D eigenvalue weighted by Gasteiger charge is -2.23. The molecule has 0 aliphatic rings. The van der Waals surface area contributed by atoms with Crippen LogP contribution in [0.1, 0.15) is 66.7 Å². The normalized spacial score (nSPS) is 11.5. The van der Waals surface area contributed by atoms with Gasteiger partial charge in [-0.05, 0) is 46.5 Å². The summed E-state index contributed by atoms with van der Waals surface area (Å²) in [6.07, 6.45) is 3.19. The second kappa shape index (κ2) is 13.5. The number of hydrogen-bond donors (Lipinski definition) is 2. The highest BCUT2D eigenvalue weighted by molar-refractivity contribution is 6.43. The third-order valence-corrected chi connectivity index (χ3v) is 6.92. The lowest BCUT2D eigenvalue weighted by atomic mass is 9.98. The third-order valence-electron chi connectivity index (χ3n) is 6.92. The fraction of sp³-hybridized carbons (Fsp3) is 0.273. The molecule has 0 unspecified atom stereocenters. The van der Waals surface area contributed by atoms with E-state index in [0.717, 1.165) is 47.2 Å². The number of carbonyl (C=O) groups is 3. The Labute approximate surface area is 234 Å². The molecule has 0 heterocycles. The Morgan fingerprint density at radius 2 is 1.38 bits per heavy atom. The van der Waals surface area contributed by atoms with Crippen molar-refractivity contribution in [2.45, 2.75) is 46.0 Å². The molecular formula is C33H35N3O4. The Morgan fingerprint density at radius 3 is 2.05 bits per heavy atom. The fourth-order valence-electron chi connectivity index (χ4n) is 4.66. The molecule has 2 amide bonds. The molecule has 7 heteroatoms. The van der Waals surface area contributed by atoms with Crippen LogP contribution in [0.15, 0.2) is 84.0 Å². The highest BCUT2D eigenvalue weighted by Crippen LogP contribution is 2.25. The zero-order valence-corrected chi connectivity index (χ0v) is 23.0. The van der Waals surface area contributed by atoms with E-state index in [1.165, 1.54) is 6.07 Å². The molecule has 0 spiro atoms. The van der Waals surface area contributed by atoms with Crippen LogP contribution < -0.4 is 5.43 Å². The number of phenolic OH excluding ortho intramolecular Hbond substituents is 1. The summed E-state index contributed by atoms with van der Waals surface area (Å²) in [5.41, 5.74) is 2.92. The molecule has 0 saturated heterocycles. The molecular weight excluding hydrogens is 502 g/mol. The fourth-order valence-corrected chi connectivity index (χ4v) is 4.66. The summed E-state index contributed by atoms with van der Waals surface area (Å²) in [5.74, 6) is -1.50. The smallest absolute Gasteiger partial charge is 0.275 e. The van der Waals surface area contributed by atoms with Crippen LogP contribution in [0.25, 0.3) is 21.5 Å². The lowest BCUT2D eigenvalue weighted by Crippen LogP contribution is -2.40. The number of rotatable bonds is 12. The number of hydrogen-bond acceptors (Lipinski definition) is 5. The summed E-state index contributed by atoms with van der Waals surface area (Å²) in [4.78, 5) is 42.1. The van der Waals surface area contributed by atoms with Crippen LogP contribution in [0.4, 0.5) is 0 Å². The van der Waals surface area contributed by atoms with Crippen LogP contribution in [-0.4, -0.2) is 46.4 Å². The van der Waals surface area contributed by atoms with Gasteiger partial charge in [0.05, 0.1) is 12.0 Å². The first-order valence-electron chi connectivity index (χ1n) is 13.8. The van der Waals surface area contributed by atoms with E-state index in [-0.39, 0.29) is 35.1 Å². The average molecular weight is 538 g/mol. The molecule has 0 saturated carbocycles. The first kappa shape index (κ1) is 28.5. The van der Waals surface area contributed by atoms with Crippen molar-refractivity contribution < 1.29 is 19.5 Å². The molecule has 0 fully saturated rings. The van der Waals surface area contributed by atoms with Crippen molar-refractivity contribution >= 4 is 44.9 Å². The van der Waals surface area contributed by atoms with Gasteiger partial charge < -0.3 is 10.0 Å². The highest BCUT2D eigenvalue weighted by atomic mass is 16.3. The minimum atomic E-state index is -0.667. The number of unbranched alkanes of at least 4 members (excludes halogenated alkanes) is 2. The molecule has 2 N–H and O–H groups in total. The molecule has 4 aromatic rings. The molecule has 0 aliphatic heterocycles. The van der Waals surface area contributed by atoms with E-state index in [2.05, 4.69) is 24.4 Å². The largest absolute Gasteiger partial charge is 0.507 e. The van der Waals surface area contributed by atoms with Crippen molar-refractivity contribution in [3.63, 3.8) is 0 Å². The number of benzene rings is 4. The topological polar surface area (TPSA) is 99.1 Å². The quantitative estimate of drug-likeness (QED) is 0.123. The van der Waals surface area contributed by atoms with Crippen LogP contribution in [0.3, 0.4) is 0 Å². The number of ketones is 1. The minimum absolute atomic E-state index is 0.0310. The standard InChI is InChI=1S/C33H35N3O4/c1-3-5-18-36(19-6-4-2)33(40)29(22-31(38)27-17-11-15-23-12-9-10-16-26(23)27)34-35-32(39)28-20-24-13-7-8-14-25(24)21-30(28)37/h7-17,20-21,37H,3-6,18-19,22H2,1-2H3,(H,35,39). The number of carbonyl (C=O) groups excluding carboxylic acids is 3. The summed E-state index contributed by atoms with van der Waals surface area (Å²) in [7, 11) is 0. The Hall–Kier alpha value is -4.52. The highest BCUT2D eigenvalue weighted by Gasteiger charge is 2.24. The minimum Gasteiger partial charge on any atom is -0.507 e. The van der Waals surface area contributed by atoms with Gasteiger partial charge in [-0.1, -0.05) is 93.4 Å². The van der Waals surface area contributed by atoms with Gasteiger partial charge in [-0.25, -0.2) is 5.43 Å². The van der Waals surface area contributed by atoms with Crippen molar-refractivity contribution in [1.29, 1.82) is 0 Å². The van der Waals surface area contributed by atoms with E-state index in [1.807, 2.05) is 60.7 Å². The molecule has 0 aliphatic carbocycles. The van der Waals surface area contributed by atoms with Crippen LogP contribution in [0.2, 0.25) is 0 Å². The summed E-state index contributed by atoms with van der Waals surface area (Å²) in [6, 6.07) is 23.5. The summed E-state index contributed by atoms with van der Waals surface area (Å²) in [5, 5.41) is 18.0. The average Bonchev–Trinajstić information content (AvgIpc) is 2.98. The van der Waals surface area contributed by atoms with Gasteiger partial charge in [0.2, 0.25) is 0 Å². The van der Waals surface area contributed by atoms with Crippen LogP contribution in [-0.2, 0) is 4.79 Å². The summed E-state index contributed by atoms with van der Waals surface area (Å²) < 4.78 is 0. The Balaban J connectivity index is 1.66. The van der Waals surface area contributed by atoms with Crippen LogP contribution >= 0.6 is 0 Å². The molecule has 4 aromatic carbocycles. The van der Waals surface area contributed by atoms with Crippen molar-refractivity contribution in [2.75, 3.05) is 13.1 Å². The number of nitrogens with zero attached hydrogens (tertiary/aromatic N) is 2. The van der Waals surface area contributed by atoms with E-state index >= 15 is 0 Å². The van der Waals surface area contributed by atoms with Gasteiger partial charge in [0, 0.05) is 18.7 Å². The number of Topliss-reactive ketones (excluding diaryl/α,β-unsaturated/α-hetero) is 1. The van der Waals surface area contributed by atoms with E-state index in [9.17, 15) is 19.5 Å². The number of amides is 2. The number of nitrogens with one attached hydrogen (secondary N) is 1. The Morgan fingerprint density at radius 1 is 0.775 bits per heavy atom. The van der Waals surface area contributed by atoms with Crippen molar-refractivity contribution in [1.82, 2.24) is 10.3 Å². The maximum Gasteiger partial charge on any atom is 0.275 e. The second-order valence-corrected chi connectivity index (χ2v) is 9.84. The Kier molecular flexibility index (Phi) is 9.62. The van der Waals surface area contributed by atoms with Crippen molar-refractivity contribution in [3.8, 4) is 5.75 Å². The molecule has 206 valence electrons. The lowest BCUT2D eigenvalue weighted by molar-refractivity contribution is -0.124. The molecule has 40 heavy (non-hydrogen) atoms. The maximum absolute atomic E-state index is 13.7. The SMILES string of the molecule is CCCCN(CCCC)C(=O)C(CC(=O)c1cccc2ccccc12)=NNC(=O)c1cc2ccccc2cc1O. The van der Waals surface area contributed by atoms with E-state index in [1.54, 1.807) is 17.0 Å². The number of hydrazone groups is 1. The van der Waals surface area contributed by atoms with Gasteiger partial charge in [0.1, 0.15) is 11.5 Å². The van der Waals surface area contributed by atoms with Crippen molar-refractivity contribution in [2.24, 2.45) is 5.10 Å². The first-order chi connectivity index (χ1) is 19.4. The molecule has 0 atom stereocenters. The summed E-state index contributed by atoms with van der Waals surface area (Å²) in [6.45, 7) is 5.18. The zero-order valence-electron chi connectivity index (χ0n) is 23.0.